The van der Waals surface area contributed by atoms with Gasteiger partial charge in [-0.2, -0.15) is 0 Å². The maximum absolute atomic E-state index is 11.7. The number of hydrogen-bond donors (Lipinski definition) is 1. The van der Waals surface area contributed by atoms with Crippen LogP contribution in [0.2, 0.25) is 0 Å². The second kappa shape index (κ2) is 4.88. The zero-order chi connectivity index (χ0) is 14.3. The van der Waals surface area contributed by atoms with E-state index in [1.54, 1.807) is 0 Å². The van der Waals surface area contributed by atoms with E-state index in [1.807, 2.05) is 6.07 Å². The minimum absolute atomic E-state index is 0.352. The molecule has 3 heteroatoms. The molecule has 0 bridgehead atoms. The molecule has 2 atom stereocenters. The fourth-order valence-electron chi connectivity index (χ4n) is 3.84. The van der Waals surface area contributed by atoms with Crippen LogP contribution in [0.1, 0.15) is 44.2 Å². The first kappa shape index (κ1) is 13.6. The van der Waals surface area contributed by atoms with Crippen molar-refractivity contribution in [2.75, 3.05) is 0 Å². The monoisotopic (exact) mass is 273 g/mol. The van der Waals surface area contributed by atoms with Crippen molar-refractivity contribution >= 4 is 5.97 Å². The van der Waals surface area contributed by atoms with Gasteiger partial charge < -0.3 is 5.11 Å². The normalized spacial score (nSPS) is 29.1. The summed E-state index contributed by atoms with van der Waals surface area (Å²) in [5.74, 6) is -0.677. The van der Waals surface area contributed by atoms with Crippen molar-refractivity contribution in [3.63, 3.8) is 0 Å². The van der Waals surface area contributed by atoms with Crippen molar-refractivity contribution in [2.45, 2.75) is 58.2 Å². The summed E-state index contributed by atoms with van der Waals surface area (Å²) in [5.41, 5.74) is 2.85. The Hall–Kier alpha value is -1.35. The molecule has 1 aliphatic heterocycles. The van der Waals surface area contributed by atoms with E-state index < -0.39 is 5.97 Å². The Labute approximate surface area is 120 Å². The number of fused-ring (bicyclic) bond motifs is 1. The van der Waals surface area contributed by atoms with Gasteiger partial charge in [0.25, 0.3) is 0 Å². The highest BCUT2D eigenvalue weighted by Gasteiger charge is 2.41. The Balaban J connectivity index is 1.87. The molecular weight excluding hydrogens is 250 g/mol. The summed E-state index contributed by atoms with van der Waals surface area (Å²) in [6.45, 7) is 5.37. The van der Waals surface area contributed by atoms with Gasteiger partial charge in [0.05, 0.1) is 0 Å². The standard InChI is InChI=1S/C17H23NO2/c1-17(2)8-7-14(10-17)18-11-13-6-4-3-5-12(13)9-15(18)16(19)20/h3-6,14-15H,7-11H2,1-2H3,(H,19,20). The Bertz CT molecular complexity index is 523. The Morgan fingerprint density at radius 2 is 2.00 bits per heavy atom. The third-order valence-electron chi connectivity index (χ3n) is 4.98. The smallest absolute Gasteiger partial charge is 0.321 e. The molecular formula is C17H23NO2. The number of carboxylic acids is 1. The number of nitrogens with zero attached hydrogens (tertiary/aromatic N) is 1. The summed E-state index contributed by atoms with van der Waals surface area (Å²) in [5, 5.41) is 9.58. The molecule has 0 amide bonds. The highest BCUT2D eigenvalue weighted by Crippen LogP contribution is 2.41. The summed E-state index contributed by atoms with van der Waals surface area (Å²) in [6.07, 6.45) is 4.07. The number of carbonyl (C=O) groups is 1. The van der Waals surface area contributed by atoms with Gasteiger partial charge in [-0.15, -0.1) is 0 Å². The molecule has 1 aliphatic carbocycles. The number of rotatable bonds is 2. The lowest BCUT2D eigenvalue weighted by Crippen LogP contribution is -2.50. The molecule has 1 aromatic rings. The molecule has 1 fully saturated rings. The first-order chi connectivity index (χ1) is 9.46. The van der Waals surface area contributed by atoms with Crippen molar-refractivity contribution in [3.8, 4) is 0 Å². The number of benzene rings is 1. The molecule has 0 radical (unpaired) electrons. The molecule has 3 rings (SSSR count). The van der Waals surface area contributed by atoms with Gasteiger partial charge in [0.2, 0.25) is 0 Å². The molecule has 2 unspecified atom stereocenters. The van der Waals surface area contributed by atoms with Gasteiger partial charge in [-0.25, -0.2) is 0 Å². The van der Waals surface area contributed by atoms with E-state index >= 15 is 0 Å². The highest BCUT2D eigenvalue weighted by molar-refractivity contribution is 5.74. The fraction of sp³-hybridized carbons (Fsp3) is 0.588. The molecule has 3 nitrogen and oxygen atoms in total. The highest BCUT2D eigenvalue weighted by atomic mass is 16.4. The van der Waals surface area contributed by atoms with Crippen molar-refractivity contribution in [1.29, 1.82) is 0 Å². The summed E-state index contributed by atoms with van der Waals surface area (Å²) in [4.78, 5) is 13.9. The maximum atomic E-state index is 11.7. The van der Waals surface area contributed by atoms with E-state index in [1.165, 1.54) is 17.5 Å². The molecule has 1 heterocycles. The van der Waals surface area contributed by atoms with Crippen LogP contribution in [0.25, 0.3) is 0 Å². The van der Waals surface area contributed by atoms with Gasteiger partial charge in [0.15, 0.2) is 0 Å². The molecule has 2 aliphatic rings. The minimum Gasteiger partial charge on any atom is -0.480 e. The molecule has 1 N–H and O–H groups in total. The Morgan fingerprint density at radius 3 is 2.60 bits per heavy atom. The van der Waals surface area contributed by atoms with E-state index in [-0.39, 0.29) is 6.04 Å². The third-order valence-corrected chi connectivity index (χ3v) is 4.98. The number of aliphatic carboxylic acids is 1. The van der Waals surface area contributed by atoms with Crippen molar-refractivity contribution in [3.05, 3.63) is 35.4 Å². The molecule has 0 aromatic heterocycles. The summed E-state index contributed by atoms with van der Waals surface area (Å²) < 4.78 is 0. The van der Waals surface area contributed by atoms with E-state index in [4.69, 9.17) is 0 Å². The van der Waals surface area contributed by atoms with Crippen LogP contribution in [0.15, 0.2) is 24.3 Å². The average molecular weight is 273 g/mol. The van der Waals surface area contributed by atoms with Crippen LogP contribution < -0.4 is 0 Å². The largest absolute Gasteiger partial charge is 0.480 e. The average Bonchev–Trinajstić information content (AvgIpc) is 2.77. The first-order valence-electron chi connectivity index (χ1n) is 7.52. The molecule has 108 valence electrons. The van der Waals surface area contributed by atoms with E-state index in [2.05, 4.69) is 36.9 Å². The molecule has 20 heavy (non-hydrogen) atoms. The van der Waals surface area contributed by atoms with Gasteiger partial charge in [-0.1, -0.05) is 38.1 Å². The molecule has 1 saturated carbocycles. The van der Waals surface area contributed by atoms with Crippen molar-refractivity contribution < 1.29 is 9.90 Å². The maximum Gasteiger partial charge on any atom is 0.321 e. The summed E-state index contributed by atoms with van der Waals surface area (Å²) in [7, 11) is 0. The van der Waals surface area contributed by atoms with Crippen LogP contribution in [0.5, 0.6) is 0 Å². The topological polar surface area (TPSA) is 40.5 Å². The second-order valence-corrected chi connectivity index (χ2v) is 7.06. The zero-order valence-corrected chi connectivity index (χ0v) is 12.3. The van der Waals surface area contributed by atoms with E-state index in [9.17, 15) is 9.90 Å². The SMILES string of the molecule is CC1(C)CCC(N2Cc3ccccc3CC2C(=O)O)C1. The van der Waals surface area contributed by atoms with Crippen LogP contribution >= 0.6 is 0 Å². The lowest BCUT2D eigenvalue weighted by atomic mass is 9.89. The zero-order valence-electron chi connectivity index (χ0n) is 12.3. The first-order valence-corrected chi connectivity index (χ1v) is 7.52. The lowest BCUT2D eigenvalue weighted by molar-refractivity contribution is -0.145. The third kappa shape index (κ3) is 2.47. The predicted molar refractivity (Wildman–Crippen MR) is 78.5 cm³/mol. The number of carboxylic acid groups (broad SMARTS) is 1. The van der Waals surface area contributed by atoms with Gasteiger partial charge in [0.1, 0.15) is 6.04 Å². The van der Waals surface area contributed by atoms with Gasteiger partial charge >= 0.3 is 5.97 Å². The van der Waals surface area contributed by atoms with Crippen molar-refractivity contribution in [1.82, 2.24) is 4.90 Å². The van der Waals surface area contributed by atoms with E-state index in [0.29, 0.717) is 17.9 Å². The molecule has 0 saturated heterocycles. The minimum atomic E-state index is -0.677. The Kier molecular flexibility index (Phi) is 3.33. The fourth-order valence-corrected chi connectivity index (χ4v) is 3.84. The summed E-state index contributed by atoms with van der Waals surface area (Å²) in [6, 6.07) is 8.33. The van der Waals surface area contributed by atoms with Crippen LogP contribution in [0.3, 0.4) is 0 Å². The van der Waals surface area contributed by atoms with Gasteiger partial charge in [0, 0.05) is 12.6 Å². The summed E-state index contributed by atoms with van der Waals surface area (Å²) >= 11 is 0. The lowest BCUT2D eigenvalue weighted by Gasteiger charge is -2.39. The van der Waals surface area contributed by atoms with Crippen molar-refractivity contribution in [2.24, 2.45) is 5.41 Å². The van der Waals surface area contributed by atoms with Gasteiger partial charge in [-0.05, 0) is 42.2 Å². The van der Waals surface area contributed by atoms with Crippen LogP contribution in [0.4, 0.5) is 0 Å². The number of hydrogen-bond acceptors (Lipinski definition) is 2. The van der Waals surface area contributed by atoms with Crippen LogP contribution in [0, 0.1) is 5.41 Å². The van der Waals surface area contributed by atoms with E-state index in [0.717, 1.165) is 19.4 Å². The van der Waals surface area contributed by atoms with Gasteiger partial charge in [-0.3, -0.25) is 9.69 Å². The quantitative estimate of drug-likeness (QED) is 0.900. The Morgan fingerprint density at radius 1 is 1.30 bits per heavy atom. The molecule has 0 spiro atoms. The predicted octanol–water partition coefficient (Wildman–Crippen LogP) is 3.08. The van der Waals surface area contributed by atoms with Crippen LogP contribution in [-0.2, 0) is 17.8 Å². The van der Waals surface area contributed by atoms with Crippen LogP contribution in [-0.4, -0.2) is 28.1 Å². The molecule has 1 aromatic carbocycles. The second-order valence-electron chi connectivity index (χ2n) is 7.06.